The van der Waals surface area contributed by atoms with E-state index in [-0.39, 0.29) is 0 Å². The van der Waals surface area contributed by atoms with Gasteiger partial charge in [-0.15, -0.1) is 0 Å². The summed E-state index contributed by atoms with van der Waals surface area (Å²) in [5, 5.41) is 10.7. The van der Waals surface area contributed by atoms with Gasteiger partial charge in [-0.05, 0) is 63.5 Å². The molecule has 0 radical (unpaired) electrons. The fourth-order valence-corrected chi connectivity index (χ4v) is 2.63. The van der Waals surface area contributed by atoms with Gasteiger partial charge in [0.05, 0.1) is 5.60 Å². The molecule has 0 spiro atoms. The lowest BCUT2D eigenvalue weighted by atomic mass is 9.77. The Hall–Kier alpha value is -1.06. The third-order valence-corrected chi connectivity index (χ3v) is 4.01. The topological polar surface area (TPSA) is 49.5 Å². The number of anilines is 1. The van der Waals surface area contributed by atoms with E-state index >= 15 is 0 Å². The van der Waals surface area contributed by atoms with Gasteiger partial charge in [0.25, 0.3) is 0 Å². The summed E-state index contributed by atoms with van der Waals surface area (Å²) >= 11 is 0. The van der Waals surface area contributed by atoms with Crippen molar-refractivity contribution in [2.24, 2.45) is 5.92 Å². The van der Waals surface area contributed by atoms with Crippen molar-refractivity contribution < 1.29 is 5.11 Å². The monoisotopic (exact) mass is 234 g/mol. The third kappa shape index (κ3) is 2.61. The van der Waals surface area contributed by atoms with Crippen LogP contribution in [0.15, 0.2) is 24.3 Å². The molecule has 17 heavy (non-hydrogen) atoms. The Morgan fingerprint density at radius 1 is 1.24 bits per heavy atom. The summed E-state index contributed by atoms with van der Waals surface area (Å²) in [6.07, 6.45) is 2.10. The summed E-state index contributed by atoms with van der Waals surface area (Å²) < 4.78 is 0. The Kier molecular flexibility index (Phi) is 3.40. The first-order valence-corrected chi connectivity index (χ1v) is 6.27. The van der Waals surface area contributed by atoms with Gasteiger partial charge in [0.15, 0.2) is 0 Å². The Bertz CT molecular complexity index is 364. The molecule has 1 unspecified atom stereocenters. The maximum Gasteiger partial charge on any atom is 0.0897 e. The summed E-state index contributed by atoms with van der Waals surface area (Å²) in [4.78, 5) is 2.32. The first kappa shape index (κ1) is 12.4. The fraction of sp³-hybridized carbons (Fsp3) is 0.571. The second-order valence-corrected chi connectivity index (χ2v) is 5.35. The molecule has 0 aromatic heterocycles. The molecule has 2 rings (SSSR count). The van der Waals surface area contributed by atoms with Crippen LogP contribution in [0.5, 0.6) is 0 Å². The maximum atomic E-state index is 10.7. The number of aliphatic hydroxyl groups is 1. The quantitative estimate of drug-likeness (QED) is 0.767. The molecule has 1 heterocycles. The molecule has 3 nitrogen and oxygen atoms in total. The maximum absolute atomic E-state index is 10.7. The highest BCUT2D eigenvalue weighted by Crippen LogP contribution is 2.36. The summed E-state index contributed by atoms with van der Waals surface area (Å²) in [6.45, 7) is 4.06. The molecule has 1 saturated heterocycles. The molecule has 1 aliphatic heterocycles. The standard InChI is InChI=1S/C14H22N2O/c1-14(17,11-3-5-13(15)6-4-11)12-7-9-16(2)10-8-12/h3-6,12,17H,7-10,15H2,1-2H3. The largest absolute Gasteiger partial charge is 0.399 e. The molecule has 0 aliphatic carbocycles. The molecule has 0 bridgehead atoms. The normalized spacial score (nSPS) is 22.3. The number of hydrogen-bond donors (Lipinski definition) is 2. The van der Waals surface area contributed by atoms with Crippen LogP contribution in [-0.2, 0) is 5.60 Å². The highest BCUT2D eigenvalue weighted by molar-refractivity contribution is 5.40. The van der Waals surface area contributed by atoms with E-state index in [2.05, 4.69) is 11.9 Å². The fourth-order valence-electron chi connectivity index (χ4n) is 2.63. The zero-order valence-electron chi connectivity index (χ0n) is 10.7. The van der Waals surface area contributed by atoms with Crippen molar-refractivity contribution in [1.29, 1.82) is 0 Å². The van der Waals surface area contributed by atoms with Crippen molar-refractivity contribution in [1.82, 2.24) is 4.90 Å². The number of likely N-dealkylation sites (tertiary alicyclic amines) is 1. The Labute approximate surface area is 103 Å². The average Bonchev–Trinajstić information content (AvgIpc) is 2.30. The van der Waals surface area contributed by atoms with Gasteiger partial charge in [-0.2, -0.15) is 0 Å². The Balaban J connectivity index is 2.15. The van der Waals surface area contributed by atoms with E-state index in [1.54, 1.807) is 0 Å². The molecule has 0 amide bonds. The molecule has 1 aromatic carbocycles. The highest BCUT2D eigenvalue weighted by atomic mass is 16.3. The molecule has 1 aromatic rings. The third-order valence-electron chi connectivity index (χ3n) is 4.01. The number of hydrogen-bond acceptors (Lipinski definition) is 3. The lowest BCUT2D eigenvalue weighted by molar-refractivity contribution is -0.0302. The van der Waals surface area contributed by atoms with Gasteiger partial charge in [-0.1, -0.05) is 12.1 Å². The number of nitrogen functional groups attached to an aromatic ring is 1. The Morgan fingerprint density at radius 3 is 2.29 bits per heavy atom. The van der Waals surface area contributed by atoms with Crippen LogP contribution in [0.1, 0.15) is 25.3 Å². The van der Waals surface area contributed by atoms with Gasteiger partial charge < -0.3 is 15.7 Å². The lowest BCUT2D eigenvalue weighted by Crippen LogP contribution is -2.40. The van der Waals surface area contributed by atoms with Crippen LogP contribution in [0.3, 0.4) is 0 Å². The van der Waals surface area contributed by atoms with Gasteiger partial charge in [0.1, 0.15) is 0 Å². The van der Waals surface area contributed by atoms with Crippen molar-refractivity contribution in [3.8, 4) is 0 Å². The molecule has 1 atom stereocenters. The smallest absolute Gasteiger partial charge is 0.0897 e. The average molecular weight is 234 g/mol. The summed E-state index contributed by atoms with van der Waals surface area (Å²) in [5.41, 5.74) is 6.65. The molecule has 94 valence electrons. The van der Waals surface area contributed by atoms with E-state index in [9.17, 15) is 5.11 Å². The molecular formula is C14H22N2O. The predicted octanol–water partition coefficient (Wildman–Crippen LogP) is 1.82. The molecule has 3 N–H and O–H groups in total. The minimum absolute atomic E-state index is 0.335. The molecule has 1 aliphatic rings. The highest BCUT2D eigenvalue weighted by Gasteiger charge is 2.35. The van der Waals surface area contributed by atoms with Crippen molar-refractivity contribution in [3.63, 3.8) is 0 Å². The van der Waals surface area contributed by atoms with E-state index in [1.165, 1.54) is 0 Å². The summed E-state index contributed by atoms with van der Waals surface area (Å²) in [5.74, 6) is 0.335. The van der Waals surface area contributed by atoms with E-state index in [0.29, 0.717) is 5.92 Å². The Morgan fingerprint density at radius 2 is 1.76 bits per heavy atom. The summed E-state index contributed by atoms with van der Waals surface area (Å²) in [7, 11) is 2.13. The van der Waals surface area contributed by atoms with Crippen molar-refractivity contribution >= 4 is 5.69 Å². The van der Waals surface area contributed by atoms with Crippen molar-refractivity contribution in [3.05, 3.63) is 29.8 Å². The van der Waals surface area contributed by atoms with Gasteiger partial charge in [0.2, 0.25) is 0 Å². The van der Waals surface area contributed by atoms with Crippen molar-refractivity contribution in [2.75, 3.05) is 25.9 Å². The van der Waals surface area contributed by atoms with Crippen LogP contribution in [0.2, 0.25) is 0 Å². The number of nitrogens with two attached hydrogens (primary N) is 1. The van der Waals surface area contributed by atoms with Gasteiger partial charge >= 0.3 is 0 Å². The number of rotatable bonds is 2. The van der Waals surface area contributed by atoms with Crippen LogP contribution in [-0.4, -0.2) is 30.1 Å². The second-order valence-electron chi connectivity index (χ2n) is 5.35. The van der Waals surface area contributed by atoms with Crippen LogP contribution < -0.4 is 5.73 Å². The minimum atomic E-state index is -0.741. The van der Waals surface area contributed by atoms with Gasteiger partial charge in [-0.25, -0.2) is 0 Å². The number of nitrogens with zero attached hydrogens (tertiary/aromatic N) is 1. The number of piperidine rings is 1. The van der Waals surface area contributed by atoms with E-state index < -0.39 is 5.60 Å². The molecular weight excluding hydrogens is 212 g/mol. The lowest BCUT2D eigenvalue weighted by Gasteiger charge is -2.38. The van der Waals surface area contributed by atoms with Crippen LogP contribution in [0.4, 0.5) is 5.69 Å². The summed E-state index contributed by atoms with van der Waals surface area (Å²) in [6, 6.07) is 7.60. The second kappa shape index (κ2) is 4.67. The zero-order chi connectivity index (χ0) is 12.5. The predicted molar refractivity (Wildman–Crippen MR) is 70.6 cm³/mol. The molecule has 0 saturated carbocycles. The minimum Gasteiger partial charge on any atom is -0.399 e. The van der Waals surface area contributed by atoms with Crippen molar-refractivity contribution in [2.45, 2.75) is 25.4 Å². The van der Waals surface area contributed by atoms with Crippen LogP contribution >= 0.6 is 0 Å². The molecule has 3 heteroatoms. The van der Waals surface area contributed by atoms with Gasteiger partial charge in [-0.3, -0.25) is 0 Å². The molecule has 1 fully saturated rings. The van der Waals surface area contributed by atoms with Gasteiger partial charge in [0, 0.05) is 5.69 Å². The van der Waals surface area contributed by atoms with Crippen LogP contribution in [0, 0.1) is 5.92 Å². The first-order valence-electron chi connectivity index (χ1n) is 6.27. The van der Waals surface area contributed by atoms with E-state index in [1.807, 2.05) is 31.2 Å². The van der Waals surface area contributed by atoms with Crippen LogP contribution in [0.25, 0.3) is 0 Å². The van der Waals surface area contributed by atoms with E-state index in [0.717, 1.165) is 37.2 Å². The zero-order valence-corrected chi connectivity index (χ0v) is 10.7. The van der Waals surface area contributed by atoms with E-state index in [4.69, 9.17) is 5.73 Å². The first-order chi connectivity index (χ1) is 8.00. The number of benzene rings is 1. The SMILES string of the molecule is CN1CCC(C(C)(O)c2ccc(N)cc2)CC1.